The summed E-state index contributed by atoms with van der Waals surface area (Å²) in [6, 6.07) is 14.7. The van der Waals surface area contributed by atoms with E-state index in [1.807, 2.05) is 12.1 Å². The van der Waals surface area contributed by atoms with E-state index in [1.54, 1.807) is 0 Å². The Morgan fingerprint density at radius 1 is 1.21 bits per heavy atom. The molecule has 2 unspecified atom stereocenters. The molecule has 0 spiro atoms. The summed E-state index contributed by atoms with van der Waals surface area (Å²) in [5, 5.41) is 10.4. The largest absolute Gasteiger partial charge is 0.481 e. The zero-order valence-electron chi connectivity index (χ0n) is 16.4. The SMILES string of the molecule is CCCc1nc2ccc(C3CC3C(=O)O)cc2c(-c2ccc(C)cc2)c1CN. The van der Waals surface area contributed by atoms with Crippen molar-refractivity contribution in [1.29, 1.82) is 0 Å². The molecule has 0 amide bonds. The van der Waals surface area contributed by atoms with Crippen LogP contribution in [0.5, 0.6) is 0 Å². The molecular formula is C24H26N2O2. The summed E-state index contributed by atoms with van der Waals surface area (Å²) < 4.78 is 0. The molecule has 4 heteroatoms. The van der Waals surface area contributed by atoms with Crippen molar-refractivity contribution in [2.45, 2.75) is 45.6 Å². The van der Waals surface area contributed by atoms with Gasteiger partial charge in [-0.3, -0.25) is 9.78 Å². The maximum Gasteiger partial charge on any atom is 0.307 e. The Balaban J connectivity index is 1.94. The molecule has 4 rings (SSSR count). The van der Waals surface area contributed by atoms with Crippen LogP contribution < -0.4 is 5.73 Å². The van der Waals surface area contributed by atoms with Gasteiger partial charge < -0.3 is 10.8 Å². The number of nitrogens with zero attached hydrogens (tertiary/aromatic N) is 1. The van der Waals surface area contributed by atoms with Crippen molar-refractivity contribution in [3.8, 4) is 11.1 Å². The molecule has 1 aliphatic carbocycles. The molecule has 3 aromatic rings. The van der Waals surface area contributed by atoms with E-state index in [-0.39, 0.29) is 11.8 Å². The highest BCUT2D eigenvalue weighted by molar-refractivity contribution is 5.97. The lowest BCUT2D eigenvalue weighted by Crippen LogP contribution is -2.08. The molecule has 2 aromatic carbocycles. The number of benzene rings is 2. The summed E-state index contributed by atoms with van der Waals surface area (Å²) in [7, 11) is 0. The van der Waals surface area contributed by atoms with Gasteiger partial charge in [0.05, 0.1) is 11.4 Å². The van der Waals surface area contributed by atoms with Gasteiger partial charge in [0.1, 0.15) is 0 Å². The van der Waals surface area contributed by atoms with Crippen molar-refractivity contribution in [2.24, 2.45) is 11.7 Å². The van der Waals surface area contributed by atoms with Crippen LogP contribution in [0.3, 0.4) is 0 Å². The average Bonchev–Trinajstić information content (AvgIpc) is 3.49. The van der Waals surface area contributed by atoms with Gasteiger partial charge in [-0.05, 0) is 60.1 Å². The molecule has 28 heavy (non-hydrogen) atoms. The number of hydrogen-bond acceptors (Lipinski definition) is 3. The quantitative estimate of drug-likeness (QED) is 0.649. The highest BCUT2D eigenvalue weighted by atomic mass is 16.4. The lowest BCUT2D eigenvalue weighted by Gasteiger charge is -2.17. The third-order valence-electron chi connectivity index (χ3n) is 5.76. The molecule has 1 fully saturated rings. The van der Waals surface area contributed by atoms with Crippen molar-refractivity contribution >= 4 is 16.9 Å². The Morgan fingerprint density at radius 2 is 1.96 bits per heavy atom. The minimum Gasteiger partial charge on any atom is -0.481 e. The second-order valence-corrected chi connectivity index (χ2v) is 7.80. The second kappa shape index (κ2) is 7.36. The van der Waals surface area contributed by atoms with Crippen LogP contribution in [0, 0.1) is 12.8 Å². The van der Waals surface area contributed by atoms with Gasteiger partial charge in [0.25, 0.3) is 0 Å². The fraction of sp³-hybridized carbons (Fsp3) is 0.333. The molecular weight excluding hydrogens is 348 g/mol. The first-order chi connectivity index (χ1) is 13.5. The van der Waals surface area contributed by atoms with Crippen LogP contribution in [0.15, 0.2) is 42.5 Å². The highest BCUT2D eigenvalue weighted by Gasteiger charge is 2.44. The fourth-order valence-corrected chi connectivity index (χ4v) is 4.15. The van der Waals surface area contributed by atoms with Crippen LogP contribution in [0.1, 0.15) is 48.1 Å². The van der Waals surface area contributed by atoms with Gasteiger partial charge >= 0.3 is 5.97 Å². The Morgan fingerprint density at radius 3 is 2.57 bits per heavy atom. The molecule has 1 aromatic heterocycles. The molecule has 3 N–H and O–H groups in total. The topological polar surface area (TPSA) is 76.2 Å². The summed E-state index contributed by atoms with van der Waals surface area (Å²) in [5.41, 5.74) is 13.9. The highest BCUT2D eigenvalue weighted by Crippen LogP contribution is 2.48. The number of fused-ring (bicyclic) bond motifs is 1. The maximum absolute atomic E-state index is 11.3. The zero-order chi connectivity index (χ0) is 19.8. The van der Waals surface area contributed by atoms with Crippen LogP contribution in [-0.2, 0) is 17.8 Å². The van der Waals surface area contributed by atoms with Crippen molar-refractivity contribution in [3.63, 3.8) is 0 Å². The summed E-state index contributed by atoms with van der Waals surface area (Å²) in [5.74, 6) is -0.867. The summed E-state index contributed by atoms with van der Waals surface area (Å²) >= 11 is 0. The Kier molecular flexibility index (Phi) is 4.90. The van der Waals surface area contributed by atoms with E-state index in [0.717, 1.165) is 51.7 Å². The van der Waals surface area contributed by atoms with E-state index < -0.39 is 5.97 Å². The van der Waals surface area contributed by atoms with Crippen LogP contribution in [0.4, 0.5) is 0 Å². The van der Waals surface area contributed by atoms with Gasteiger partial charge in [-0.25, -0.2) is 0 Å². The molecule has 2 atom stereocenters. The zero-order valence-corrected chi connectivity index (χ0v) is 16.4. The van der Waals surface area contributed by atoms with E-state index in [2.05, 4.69) is 44.2 Å². The fourth-order valence-electron chi connectivity index (χ4n) is 4.15. The van der Waals surface area contributed by atoms with Gasteiger partial charge in [0.15, 0.2) is 0 Å². The van der Waals surface area contributed by atoms with Gasteiger partial charge in [-0.2, -0.15) is 0 Å². The maximum atomic E-state index is 11.3. The first-order valence-corrected chi connectivity index (χ1v) is 9.98. The van der Waals surface area contributed by atoms with Crippen molar-refractivity contribution in [1.82, 2.24) is 4.98 Å². The number of aliphatic carboxylic acids is 1. The van der Waals surface area contributed by atoms with Gasteiger partial charge in [-0.15, -0.1) is 0 Å². The van der Waals surface area contributed by atoms with E-state index in [9.17, 15) is 9.90 Å². The molecule has 1 aliphatic rings. The third kappa shape index (κ3) is 3.29. The molecule has 0 saturated heterocycles. The number of carboxylic acids is 1. The van der Waals surface area contributed by atoms with Crippen molar-refractivity contribution in [3.05, 3.63) is 64.8 Å². The predicted octanol–water partition coefficient (Wildman–Crippen LogP) is 4.81. The standard InChI is InChI=1S/C24H26N2O2/c1-3-4-21-20(13-25)23(15-7-5-14(2)6-8-15)19-11-16(9-10-22(19)26-21)17-12-18(17)24(27)28/h5-11,17-18H,3-4,12-13,25H2,1-2H3,(H,27,28). The number of rotatable bonds is 6. The smallest absolute Gasteiger partial charge is 0.307 e. The lowest BCUT2D eigenvalue weighted by atomic mass is 9.91. The minimum atomic E-state index is -0.706. The van der Waals surface area contributed by atoms with Gasteiger partial charge in [0, 0.05) is 17.6 Å². The Hall–Kier alpha value is -2.72. The molecule has 0 bridgehead atoms. The van der Waals surface area contributed by atoms with E-state index in [4.69, 9.17) is 10.7 Å². The molecule has 4 nitrogen and oxygen atoms in total. The Labute approximate surface area is 165 Å². The van der Waals surface area contributed by atoms with Crippen LogP contribution in [0.2, 0.25) is 0 Å². The number of carbonyl (C=O) groups is 1. The van der Waals surface area contributed by atoms with E-state index >= 15 is 0 Å². The first kappa shape index (κ1) is 18.6. The Bertz CT molecular complexity index is 1040. The van der Waals surface area contributed by atoms with Crippen LogP contribution in [-0.4, -0.2) is 16.1 Å². The van der Waals surface area contributed by atoms with E-state index in [1.165, 1.54) is 5.56 Å². The molecule has 1 saturated carbocycles. The van der Waals surface area contributed by atoms with Crippen LogP contribution in [0.25, 0.3) is 22.0 Å². The summed E-state index contributed by atoms with van der Waals surface area (Å²) in [6.07, 6.45) is 2.62. The third-order valence-corrected chi connectivity index (χ3v) is 5.76. The molecule has 0 aliphatic heterocycles. The number of pyridine rings is 1. The normalized spacial score (nSPS) is 18.4. The number of nitrogens with two attached hydrogens (primary N) is 1. The van der Waals surface area contributed by atoms with Gasteiger partial charge in [-0.1, -0.05) is 49.2 Å². The first-order valence-electron chi connectivity index (χ1n) is 9.98. The summed E-state index contributed by atoms with van der Waals surface area (Å²) in [6.45, 7) is 4.67. The predicted molar refractivity (Wildman–Crippen MR) is 112 cm³/mol. The van der Waals surface area contributed by atoms with Crippen molar-refractivity contribution in [2.75, 3.05) is 0 Å². The summed E-state index contributed by atoms with van der Waals surface area (Å²) in [4.78, 5) is 16.2. The molecule has 144 valence electrons. The number of aromatic nitrogens is 1. The van der Waals surface area contributed by atoms with Crippen LogP contribution >= 0.6 is 0 Å². The monoisotopic (exact) mass is 374 g/mol. The second-order valence-electron chi connectivity index (χ2n) is 7.80. The van der Waals surface area contributed by atoms with Crippen molar-refractivity contribution < 1.29 is 9.90 Å². The molecule has 0 radical (unpaired) electrons. The number of hydrogen-bond donors (Lipinski definition) is 2. The number of aryl methyl sites for hydroxylation is 2. The average molecular weight is 374 g/mol. The van der Waals surface area contributed by atoms with Gasteiger partial charge in [0.2, 0.25) is 0 Å². The minimum absolute atomic E-state index is 0.101. The van der Waals surface area contributed by atoms with E-state index in [0.29, 0.717) is 13.0 Å². The molecule has 1 heterocycles. The number of carboxylic acid groups (broad SMARTS) is 1. The lowest BCUT2D eigenvalue weighted by molar-refractivity contribution is -0.138.